The molecule has 4 rings (SSSR count). The zero-order chi connectivity index (χ0) is 17.2. The molecule has 4 heteroatoms. The third kappa shape index (κ3) is 3.86. The second kappa shape index (κ2) is 7.15. The molecule has 0 bridgehead atoms. The maximum Gasteiger partial charge on any atom is 0.133 e. The lowest BCUT2D eigenvalue weighted by atomic mass is 10.0. The maximum atomic E-state index is 6.00. The van der Waals surface area contributed by atoms with Crippen LogP contribution in [-0.2, 0) is 25.7 Å². The summed E-state index contributed by atoms with van der Waals surface area (Å²) in [5.74, 6) is 0.895. The number of benzene rings is 2. The van der Waals surface area contributed by atoms with Gasteiger partial charge in [-0.05, 0) is 60.2 Å². The lowest BCUT2D eigenvalue weighted by Gasteiger charge is -2.11. The van der Waals surface area contributed by atoms with Gasteiger partial charge in [0.2, 0.25) is 0 Å². The van der Waals surface area contributed by atoms with Crippen LogP contribution in [-0.4, -0.2) is 9.97 Å². The molecule has 0 atom stereocenters. The van der Waals surface area contributed by atoms with E-state index in [1.165, 1.54) is 28.8 Å². The standard InChI is InChI=1S/C21H18Cl2N2/c22-16-8-4-14(5-9-16)12-20-18-2-1-3-19(18)24-21(25-20)13-15-6-10-17(23)11-7-15/h4-11H,1-3,12-13H2. The van der Waals surface area contributed by atoms with Gasteiger partial charge in [-0.25, -0.2) is 9.97 Å². The lowest BCUT2D eigenvalue weighted by Crippen LogP contribution is -2.07. The summed E-state index contributed by atoms with van der Waals surface area (Å²) in [5, 5.41) is 1.52. The van der Waals surface area contributed by atoms with Crippen molar-refractivity contribution in [3.8, 4) is 0 Å². The molecule has 1 aromatic heterocycles. The zero-order valence-electron chi connectivity index (χ0n) is 13.8. The van der Waals surface area contributed by atoms with Crippen LogP contribution in [0.15, 0.2) is 48.5 Å². The highest BCUT2D eigenvalue weighted by Crippen LogP contribution is 2.26. The topological polar surface area (TPSA) is 25.8 Å². The Morgan fingerprint density at radius 1 is 0.720 bits per heavy atom. The predicted molar refractivity (Wildman–Crippen MR) is 103 cm³/mol. The Balaban J connectivity index is 1.65. The van der Waals surface area contributed by atoms with E-state index in [1.807, 2.05) is 36.4 Å². The molecule has 1 heterocycles. The molecule has 2 nitrogen and oxygen atoms in total. The van der Waals surface area contributed by atoms with Gasteiger partial charge in [0.25, 0.3) is 0 Å². The van der Waals surface area contributed by atoms with Crippen LogP contribution in [0.25, 0.3) is 0 Å². The fourth-order valence-corrected chi connectivity index (χ4v) is 3.62. The van der Waals surface area contributed by atoms with Gasteiger partial charge in [0.05, 0.1) is 5.69 Å². The number of halogens is 2. The van der Waals surface area contributed by atoms with Gasteiger partial charge in [-0.3, -0.25) is 0 Å². The number of rotatable bonds is 4. The normalized spacial score (nSPS) is 13.0. The summed E-state index contributed by atoms with van der Waals surface area (Å²) in [6.07, 6.45) is 4.87. The summed E-state index contributed by atoms with van der Waals surface area (Å²) in [4.78, 5) is 9.72. The molecule has 1 aliphatic rings. The van der Waals surface area contributed by atoms with Crippen molar-refractivity contribution in [3.05, 3.63) is 92.5 Å². The molecule has 0 saturated carbocycles. The van der Waals surface area contributed by atoms with Gasteiger partial charge in [0.15, 0.2) is 0 Å². The minimum Gasteiger partial charge on any atom is -0.237 e. The van der Waals surface area contributed by atoms with Crippen molar-refractivity contribution < 1.29 is 0 Å². The van der Waals surface area contributed by atoms with E-state index in [0.717, 1.165) is 47.2 Å². The SMILES string of the molecule is Clc1ccc(Cc2nc3c(c(Cc4ccc(Cl)cc4)n2)CCC3)cc1. The van der Waals surface area contributed by atoms with Crippen LogP contribution in [0.2, 0.25) is 10.0 Å². The summed E-state index contributed by atoms with van der Waals surface area (Å²) >= 11 is 12.0. The van der Waals surface area contributed by atoms with Crippen molar-refractivity contribution in [1.82, 2.24) is 9.97 Å². The molecule has 0 fully saturated rings. The first-order chi connectivity index (χ1) is 12.2. The number of hydrogen-bond donors (Lipinski definition) is 0. The number of aromatic nitrogens is 2. The number of fused-ring (bicyclic) bond motifs is 1. The van der Waals surface area contributed by atoms with Gasteiger partial charge >= 0.3 is 0 Å². The fourth-order valence-electron chi connectivity index (χ4n) is 3.37. The zero-order valence-corrected chi connectivity index (χ0v) is 15.3. The molecule has 1 aliphatic carbocycles. The average molecular weight is 369 g/mol. The summed E-state index contributed by atoms with van der Waals surface area (Å²) < 4.78 is 0. The molecule has 0 N–H and O–H groups in total. The highest BCUT2D eigenvalue weighted by molar-refractivity contribution is 6.30. The highest BCUT2D eigenvalue weighted by atomic mass is 35.5. The summed E-state index contributed by atoms with van der Waals surface area (Å²) in [5.41, 5.74) is 6.14. The minimum absolute atomic E-state index is 0.734. The predicted octanol–water partition coefficient (Wildman–Crippen LogP) is 5.45. The fraction of sp³-hybridized carbons (Fsp3) is 0.238. The Hall–Kier alpha value is -1.90. The van der Waals surface area contributed by atoms with Crippen molar-refractivity contribution in [3.63, 3.8) is 0 Å². The quantitative estimate of drug-likeness (QED) is 0.611. The Bertz CT molecular complexity index is 887. The summed E-state index contributed by atoms with van der Waals surface area (Å²) in [6.45, 7) is 0. The van der Waals surface area contributed by atoms with Crippen LogP contribution in [0.5, 0.6) is 0 Å². The first-order valence-corrected chi connectivity index (χ1v) is 9.29. The molecular weight excluding hydrogens is 351 g/mol. The second-order valence-electron chi connectivity index (χ2n) is 6.47. The van der Waals surface area contributed by atoms with Crippen LogP contribution >= 0.6 is 23.2 Å². The first kappa shape index (κ1) is 16.6. The van der Waals surface area contributed by atoms with Crippen molar-refractivity contribution >= 4 is 23.2 Å². The first-order valence-electron chi connectivity index (χ1n) is 8.54. The molecule has 0 radical (unpaired) electrons. The Morgan fingerprint density at radius 2 is 1.32 bits per heavy atom. The van der Waals surface area contributed by atoms with Gasteiger partial charge in [0.1, 0.15) is 5.82 Å². The molecule has 2 aromatic carbocycles. The van der Waals surface area contributed by atoms with E-state index in [9.17, 15) is 0 Å². The van der Waals surface area contributed by atoms with Crippen LogP contribution in [0, 0.1) is 0 Å². The van der Waals surface area contributed by atoms with E-state index in [-0.39, 0.29) is 0 Å². The van der Waals surface area contributed by atoms with Crippen LogP contribution in [0.4, 0.5) is 0 Å². The van der Waals surface area contributed by atoms with Gasteiger partial charge in [-0.2, -0.15) is 0 Å². The molecule has 0 unspecified atom stereocenters. The molecular formula is C21H18Cl2N2. The Morgan fingerprint density at radius 3 is 1.96 bits per heavy atom. The summed E-state index contributed by atoms with van der Waals surface area (Å²) in [7, 11) is 0. The molecule has 0 spiro atoms. The van der Waals surface area contributed by atoms with E-state index in [0.29, 0.717) is 0 Å². The van der Waals surface area contributed by atoms with Gasteiger partial charge < -0.3 is 0 Å². The van der Waals surface area contributed by atoms with Gasteiger partial charge in [-0.15, -0.1) is 0 Å². The Labute approximate surface area is 157 Å². The molecule has 0 amide bonds. The largest absolute Gasteiger partial charge is 0.237 e. The van der Waals surface area contributed by atoms with E-state index in [4.69, 9.17) is 33.2 Å². The second-order valence-corrected chi connectivity index (χ2v) is 7.34. The van der Waals surface area contributed by atoms with Gasteiger partial charge in [-0.1, -0.05) is 47.5 Å². The molecule has 25 heavy (non-hydrogen) atoms. The molecule has 0 aliphatic heterocycles. The summed E-state index contributed by atoms with van der Waals surface area (Å²) in [6, 6.07) is 15.9. The number of nitrogens with zero attached hydrogens (tertiary/aromatic N) is 2. The number of aryl methyl sites for hydroxylation is 1. The Kier molecular flexibility index (Phi) is 4.74. The van der Waals surface area contributed by atoms with Crippen molar-refractivity contribution in [2.75, 3.05) is 0 Å². The average Bonchev–Trinajstić information content (AvgIpc) is 3.08. The molecule has 126 valence electrons. The van der Waals surface area contributed by atoms with E-state index >= 15 is 0 Å². The van der Waals surface area contributed by atoms with Gasteiger partial charge in [0, 0.05) is 28.6 Å². The maximum absolute atomic E-state index is 6.00. The highest BCUT2D eigenvalue weighted by Gasteiger charge is 2.19. The molecule has 3 aromatic rings. The van der Waals surface area contributed by atoms with Crippen LogP contribution < -0.4 is 0 Å². The van der Waals surface area contributed by atoms with Crippen LogP contribution in [0.1, 0.15) is 40.3 Å². The van der Waals surface area contributed by atoms with Crippen LogP contribution in [0.3, 0.4) is 0 Å². The third-order valence-electron chi connectivity index (χ3n) is 4.63. The minimum atomic E-state index is 0.734. The third-order valence-corrected chi connectivity index (χ3v) is 5.13. The molecule has 0 saturated heterocycles. The van der Waals surface area contributed by atoms with E-state index < -0.39 is 0 Å². The number of hydrogen-bond acceptors (Lipinski definition) is 2. The van der Waals surface area contributed by atoms with Crippen molar-refractivity contribution in [1.29, 1.82) is 0 Å². The van der Waals surface area contributed by atoms with E-state index in [1.54, 1.807) is 0 Å². The van der Waals surface area contributed by atoms with Crippen molar-refractivity contribution in [2.45, 2.75) is 32.1 Å². The van der Waals surface area contributed by atoms with E-state index in [2.05, 4.69) is 12.1 Å². The lowest BCUT2D eigenvalue weighted by molar-refractivity contribution is 0.874. The smallest absolute Gasteiger partial charge is 0.133 e. The van der Waals surface area contributed by atoms with Crippen molar-refractivity contribution in [2.24, 2.45) is 0 Å². The monoisotopic (exact) mass is 368 g/mol.